The van der Waals surface area contributed by atoms with E-state index >= 15 is 0 Å². The molecule has 0 aliphatic carbocycles. The van der Waals surface area contributed by atoms with Gasteiger partial charge in [0.05, 0.1) is 5.56 Å². The second-order valence-electron chi connectivity index (χ2n) is 3.32. The molecule has 13 heavy (non-hydrogen) atoms. The minimum atomic E-state index is -0.204. The Labute approximate surface area is 77.0 Å². The summed E-state index contributed by atoms with van der Waals surface area (Å²) in [4.78, 5) is 22.1. The molecule has 0 fully saturated rings. The minimum Gasteiger partial charge on any atom is -0.310 e. The molecule has 0 atom stereocenters. The topological polar surface area (TPSA) is 39.1 Å². The standard InChI is InChI=1S/C10H13NO2/c1-7(2)11-8(3)4-5-9(6-12)10(11)13/h4-7H,1-3H3. The van der Waals surface area contributed by atoms with Crippen molar-refractivity contribution in [3.63, 3.8) is 0 Å². The van der Waals surface area contributed by atoms with Gasteiger partial charge < -0.3 is 4.57 Å². The van der Waals surface area contributed by atoms with Crippen LogP contribution in [0.2, 0.25) is 0 Å². The number of carbonyl (C=O) groups is 1. The molecule has 0 unspecified atom stereocenters. The Kier molecular flexibility index (Phi) is 2.66. The zero-order valence-corrected chi connectivity index (χ0v) is 8.07. The number of nitrogens with zero attached hydrogens (tertiary/aromatic N) is 1. The average Bonchev–Trinajstić information content (AvgIpc) is 2.04. The zero-order valence-electron chi connectivity index (χ0n) is 8.07. The van der Waals surface area contributed by atoms with Gasteiger partial charge >= 0.3 is 0 Å². The predicted molar refractivity (Wildman–Crippen MR) is 51.2 cm³/mol. The molecule has 0 spiro atoms. The summed E-state index contributed by atoms with van der Waals surface area (Å²) in [5.74, 6) is 0. The van der Waals surface area contributed by atoms with Gasteiger partial charge in [0.15, 0.2) is 6.29 Å². The van der Waals surface area contributed by atoms with Crippen molar-refractivity contribution in [1.82, 2.24) is 4.57 Å². The molecule has 0 N–H and O–H groups in total. The van der Waals surface area contributed by atoms with Crippen molar-refractivity contribution in [3.05, 3.63) is 33.7 Å². The van der Waals surface area contributed by atoms with Crippen molar-refractivity contribution in [1.29, 1.82) is 0 Å². The third-order valence-electron chi connectivity index (χ3n) is 1.99. The normalized spacial score (nSPS) is 10.5. The molecule has 70 valence electrons. The van der Waals surface area contributed by atoms with E-state index in [1.807, 2.05) is 20.8 Å². The molecule has 1 rings (SSSR count). The number of aromatic nitrogens is 1. The lowest BCUT2D eigenvalue weighted by molar-refractivity contribution is 0.112. The Morgan fingerprint density at radius 2 is 2.00 bits per heavy atom. The van der Waals surface area contributed by atoms with Crippen molar-refractivity contribution in [2.24, 2.45) is 0 Å². The van der Waals surface area contributed by atoms with Crippen molar-refractivity contribution >= 4 is 6.29 Å². The first kappa shape index (κ1) is 9.71. The van der Waals surface area contributed by atoms with E-state index in [9.17, 15) is 9.59 Å². The summed E-state index contributed by atoms with van der Waals surface area (Å²) in [7, 11) is 0. The maximum Gasteiger partial charge on any atom is 0.261 e. The number of hydrogen-bond acceptors (Lipinski definition) is 2. The van der Waals surface area contributed by atoms with Gasteiger partial charge in [0.25, 0.3) is 5.56 Å². The first-order valence-electron chi connectivity index (χ1n) is 4.25. The molecular weight excluding hydrogens is 166 g/mol. The van der Waals surface area contributed by atoms with Crippen LogP contribution in [-0.4, -0.2) is 10.9 Å². The van der Waals surface area contributed by atoms with Crippen LogP contribution in [0.3, 0.4) is 0 Å². The lowest BCUT2D eigenvalue weighted by Gasteiger charge is -2.13. The predicted octanol–water partition coefficient (Wildman–Crippen LogP) is 1.55. The summed E-state index contributed by atoms with van der Waals surface area (Å²) in [6.07, 6.45) is 0.598. The fourth-order valence-corrected chi connectivity index (χ4v) is 1.39. The largest absolute Gasteiger partial charge is 0.310 e. The SMILES string of the molecule is Cc1ccc(C=O)c(=O)n1C(C)C. The highest BCUT2D eigenvalue weighted by atomic mass is 16.1. The molecule has 0 saturated heterocycles. The van der Waals surface area contributed by atoms with E-state index in [1.165, 1.54) is 0 Å². The van der Waals surface area contributed by atoms with Crippen LogP contribution in [0.25, 0.3) is 0 Å². The van der Waals surface area contributed by atoms with Crippen LogP contribution in [0.15, 0.2) is 16.9 Å². The highest BCUT2D eigenvalue weighted by Crippen LogP contribution is 2.05. The molecule has 0 radical (unpaired) electrons. The summed E-state index contributed by atoms with van der Waals surface area (Å²) in [6.45, 7) is 5.70. The summed E-state index contributed by atoms with van der Waals surface area (Å²) < 4.78 is 1.61. The number of pyridine rings is 1. The van der Waals surface area contributed by atoms with E-state index in [4.69, 9.17) is 0 Å². The van der Waals surface area contributed by atoms with Crippen molar-refractivity contribution in [2.45, 2.75) is 26.8 Å². The zero-order chi connectivity index (χ0) is 10.0. The van der Waals surface area contributed by atoms with Gasteiger partial charge in [-0.25, -0.2) is 0 Å². The fraction of sp³-hybridized carbons (Fsp3) is 0.400. The molecule has 0 aliphatic rings. The van der Waals surface area contributed by atoms with Gasteiger partial charge in [-0.2, -0.15) is 0 Å². The van der Waals surface area contributed by atoms with Crippen LogP contribution in [0, 0.1) is 6.92 Å². The smallest absolute Gasteiger partial charge is 0.261 e. The van der Waals surface area contributed by atoms with Crippen molar-refractivity contribution < 1.29 is 4.79 Å². The van der Waals surface area contributed by atoms with E-state index in [2.05, 4.69) is 0 Å². The van der Waals surface area contributed by atoms with Crippen LogP contribution in [-0.2, 0) is 0 Å². The second-order valence-corrected chi connectivity index (χ2v) is 3.32. The summed E-state index contributed by atoms with van der Waals surface area (Å²) >= 11 is 0. The fourth-order valence-electron chi connectivity index (χ4n) is 1.39. The highest BCUT2D eigenvalue weighted by molar-refractivity contribution is 5.73. The summed E-state index contributed by atoms with van der Waals surface area (Å²) in [6, 6.07) is 3.43. The molecule has 0 aliphatic heterocycles. The number of aryl methyl sites for hydroxylation is 1. The molecule has 3 heteroatoms. The third-order valence-corrected chi connectivity index (χ3v) is 1.99. The monoisotopic (exact) mass is 179 g/mol. The van der Waals surface area contributed by atoms with E-state index in [1.54, 1.807) is 16.7 Å². The van der Waals surface area contributed by atoms with Crippen LogP contribution < -0.4 is 5.56 Å². The third kappa shape index (κ3) is 1.69. The van der Waals surface area contributed by atoms with Crippen LogP contribution >= 0.6 is 0 Å². The Balaban J connectivity index is 3.48. The van der Waals surface area contributed by atoms with Gasteiger partial charge in [0.2, 0.25) is 0 Å². The number of rotatable bonds is 2. The molecule has 1 aromatic rings. The Morgan fingerprint density at radius 1 is 1.38 bits per heavy atom. The molecule has 0 aromatic carbocycles. The molecular formula is C10H13NO2. The van der Waals surface area contributed by atoms with E-state index < -0.39 is 0 Å². The Bertz CT molecular complexity index is 377. The van der Waals surface area contributed by atoms with Gasteiger partial charge in [-0.15, -0.1) is 0 Å². The van der Waals surface area contributed by atoms with Crippen LogP contribution in [0.5, 0.6) is 0 Å². The molecule has 3 nitrogen and oxygen atoms in total. The van der Waals surface area contributed by atoms with Crippen molar-refractivity contribution in [2.75, 3.05) is 0 Å². The minimum absolute atomic E-state index is 0.0902. The van der Waals surface area contributed by atoms with E-state index in [-0.39, 0.29) is 17.2 Å². The van der Waals surface area contributed by atoms with Gasteiger partial charge in [0.1, 0.15) is 0 Å². The van der Waals surface area contributed by atoms with Gasteiger partial charge in [-0.1, -0.05) is 0 Å². The quantitative estimate of drug-likeness (QED) is 0.646. The molecule has 0 amide bonds. The Morgan fingerprint density at radius 3 is 2.46 bits per heavy atom. The average molecular weight is 179 g/mol. The molecule has 0 saturated carbocycles. The first-order chi connectivity index (χ1) is 6.07. The van der Waals surface area contributed by atoms with Crippen LogP contribution in [0.4, 0.5) is 0 Å². The maximum atomic E-state index is 11.6. The van der Waals surface area contributed by atoms with Gasteiger partial charge in [0, 0.05) is 11.7 Å². The summed E-state index contributed by atoms with van der Waals surface area (Å²) in [5.41, 5.74) is 0.898. The second kappa shape index (κ2) is 3.56. The van der Waals surface area contributed by atoms with E-state index in [0.717, 1.165) is 5.69 Å². The van der Waals surface area contributed by atoms with Gasteiger partial charge in [-0.3, -0.25) is 9.59 Å². The van der Waals surface area contributed by atoms with Crippen molar-refractivity contribution in [3.8, 4) is 0 Å². The lowest BCUT2D eigenvalue weighted by Crippen LogP contribution is -2.26. The number of aldehydes is 1. The lowest BCUT2D eigenvalue weighted by atomic mass is 10.2. The number of carbonyl (C=O) groups excluding carboxylic acids is 1. The molecule has 1 heterocycles. The maximum absolute atomic E-state index is 11.6. The molecule has 0 bridgehead atoms. The number of hydrogen-bond donors (Lipinski definition) is 0. The first-order valence-corrected chi connectivity index (χ1v) is 4.25. The summed E-state index contributed by atoms with van der Waals surface area (Å²) in [5, 5.41) is 0. The van der Waals surface area contributed by atoms with Gasteiger partial charge in [-0.05, 0) is 32.9 Å². The molecule has 1 aromatic heterocycles. The van der Waals surface area contributed by atoms with Crippen LogP contribution in [0.1, 0.15) is 35.9 Å². The van der Waals surface area contributed by atoms with E-state index in [0.29, 0.717) is 6.29 Å². The highest BCUT2D eigenvalue weighted by Gasteiger charge is 2.07. The Hall–Kier alpha value is -1.38.